The molecule has 0 unspecified atom stereocenters. The zero-order chi connectivity index (χ0) is 25.5. The lowest BCUT2D eigenvalue weighted by Crippen LogP contribution is -2.46. The summed E-state index contributed by atoms with van der Waals surface area (Å²) < 4.78 is 5.39. The number of ether oxygens (including phenoxy) is 1. The Balaban J connectivity index is 1.55. The van der Waals surface area contributed by atoms with Crippen molar-refractivity contribution in [2.24, 2.45) is 11.7 Å². The van der Waals surface area contributed by atoms with Crippen molar-refractivity contribution < 1.29 is 29.0 Å². The van der Waals surface area contributed by atoms with E-state index in [2.05, 4.69) is 10.6 Å². The van der Waals surface area contributed by atoms with Gasteiger partial charge in [-0.05, 0) is 41.0 Å². The normalized spacial score (nSPS) is 13.9. The minimum absolute atomic E-state index is 0.0438. The van der Waals surface area contributed by atoms with E-state index in [1.807, 2.05) is 62.4 Å². The topological polar surface area (TPSA) is 148 Å². The fraction of sp³-hybridized carbons (Fsp3) is 0.385. The molecule has 9 nitrogen and oxygen atoms in total. The summed E-state index contributed by atoms with van der Waals surface area (Å²) in [5.41, 5.74) is 9.57. The maximum absolute atomic E-state index is 12.4. The van der Waals surface area contributed by atoms with E-state index in [9.17, 15) is 24.3 Å². The summed E-state index contributed by atoms with van der Waals surface area (Å²) in [6.45, 7) is 3.82. The van der Waals surface area contributed by atoms with Gasteiger partial charge in [0.05, 0.1) is 0 Å². The minimum Gasteiger partial charge on any atom is -0.480 e. The van der Waals surface area contributed by atoms with Crippen molar-refractivity contribution in [3.63, 3.8) is 0 Å². The molecule has 0 saturated heterocycles. The summed E-state index contributed by atoms with van der Waals surface area (Å²) in [5, 5.41) is 14.3. The highest BCUT2D eigenvalue weighted by Gasteiger charge is 2.30. The third kappa shape index (κ3) is 6.59. The molecule has 186 valence electrons. The first-order valence-corrected chi connectivity index (χ1v) is 11.6. The van der Waals surface area contributed by atoms with E-state index in [-0.39, 0.29) is 31.3 Å². The van der Waals surface area contributed by atoms with Crippen LogP contribution < -0.4 is 16.4 Å². The molecule has 5 N–H and O–H groups in total. The molecule has 0 fully saturated rings. The molecule has 0 bridgehead atoms. The Labute approximate surface area is 204 Å². The SMILES string of the molecule is CC(C)C[C@H](NC(=O)CC[C@H](NC(=O)OCC1c2ccccc2-c2ccccc21)C(=O)O)C(N)=O. The van der Waals surface area contributed by atoms with Crippen LogP contribution in [0, 0.1) is 5.92 Å². The number of amides is 3. The molecule has 1 aliphatic carbocycles. The number of aliphatic carboxylic acids is 1. The maximum atomic E-state index is 12.4. The predicted octanol–water partition coefficient (Wildman–Crippen LogP) is 2.77. The number of primary amides is 1. The van der Waals surface area contributed by atoms with Crippen LogP contribution >= 0.6 is 0 Å². The molecule has 1 aliphatic rings. The number of carboxylic acids is 1. The number of nitrogens with two attached hydrogens (primary N) is 1. The number of hydrogen-bond acceptors (Lipinski definition) is 5. The Bertz CT molecular complexity index is 1050. The predicted molar refractivity (Wildman–Crippen MR) is 129 cm³/mol. The van der Waals surface area contributed by atoms with Crippen molar-refractivity contribution in [3.05, 3.63) is 59.7 Å². The van der Waals surface area contributed by atoms with Gasteiger partial charge >= 0.3 is 12.1 Å². The standard InChI is InChI=1S/C26H31N3O6/c1-15(2)13-22(24(27)31)28-23(30)12-11-21(25(32)33)29-26(34)35-14-20-18-9-5-3-7-16(18)17-8-4-6-10-19(17)20/h3-10,15,20-22H,11-14H2,1-2H3,(H2,27,31)(H,28,30)(H,29,34)(H,32,33)/t21-,22-/m0/s1. The van der Waals surface area contributed by atoms with Gasteiger partial charge in [-0.2, -0.15) is 0 Å². The monoisotopic (exact) mass is 481 g/mol. The Morgan fingerprint density at radius 1 is 0.943 bits per heavy atom. The Hall–Kier alpha value is -3.88. The second kappa shape index (κ2) is 11.5. The van der Waals surface area contributed by atoms with Gasteiger partial charge in [0.2, 0.25) is 11.8 Å². The molecule has 2 atom stereocenters. The first-order chi connectivity index (χ1) is 16.7. The maximum Gasteiger partial charge on any atom is 0.407 e. The number of nitrogens with one attached hydrogen (secondary N) is 2. The average molecular weight is 482 g/mol. The number of carbonyl (C=O) groups excluding carboxylic acids is 3. The van der Waals surface area contributed by atoms with Gasteiger partial charge in [0.25, 0.3) is 0 Å². The van der Waals surface area contributed by atoms with E-state index in [1.165, 1.54) is 0 Å². The van der Waals surface area contributed by atoms with E-state index < -0.39 is 36.0 Å². The molecule has 2 aromatic rings. The van der Waals surface area contributed by atoms with Crippen molar-refractivity contribution in [1.82, 2.24) is 10.6 Å². The number of carboxylic acid groups (broad SMARTS) is 1. The molecule has 0 radical (unpaired) electrons. The highest BCUT2D eigenvalue weighted by Crippen LogP contribution is 2.44. The summed E-state index contributed by atoms with van der Waals surface area (Å²) in [7, 11) is 0. The second-order valence-electron chi connectivity index (χ2n) is 9.05. The van der Waals surface area contributed by atoms with Crippen molar-refractivity contribution in [2.45, 2.75) is 51.1 Å². The first-order valence-electron chi connectivity index (χ1n) is 11.6. The molecule has 0 aromatic heterocycles. The smallest absolute Gasteiger partial charge is 0.407 e. The fourth-order valence-corrected chi connectivity index (χ4v) is 4.30. The largest absolute Gasteiger partial charge is 0.480 e. The van der Waals surface area contributed by atoms with E-state index in [0.29, 0.717) is 6.42 Å². The Morgan fingerprint density at radius 3 is 2.03 bits per heavy atom. The summed E-state index contributed by atoms with van der Waals surface area (Å²) in [6.07, 6.45) is -0.878. The molecule has 9 heteroatoms. The Kier molecular flexibility index (Phi) is 8.46. The number of carbonyl (C=O) groups is 4. The minimum atomic E-state index is -1.33. The fourth-order valence-electron chi connectivity index (χ4n) is 4.30. The van der Waals surface area contributed by atoms with Crippen LogP contribution in [0.1, 0.15) is 50.2 Å². The molecule has 3 amide bonds. The van der Waals surface area contributed by atoms with Crippen LogP contribution in [0.3, 0.4) is 0 Å². The van der Waals surface area contributed by atoms with Gasteiger partial charge in [0.15, 0.2) is 0 Å². The van der Waals surface area contributed by atoms with Crippen molar-refractivity contribution in [3.8, 4) is 11.1 Å². The van der Waals surface area contributed by atoms with E-state index in [0.717, 1.165) is 22.3 Å². The Morgan fingerprint density at radius 2 is 1.51 bits per heavy atom. The zero-order valence-corrected chi connectivity index (χ0v) is 19.8. The lowest BCUT2D eigenvalue weighted by Gasteiger charge is -2.19. The van der Waals surface area contributed by atoms with Gasteiger partial charge in [0.1, 0.15) is 18.7 Å². The lowest BCUT2D eigenvalue weighted by molar-refractivity contribution is -0.139. The van der Waals surface area contributed by atoms with Crippen LogP contribution in [0.25, 0.3) is 11.1 Å². The summed E-state index contributed by atoms with van der Waals surface area (Å²) in [6, 6.07) is 13.6. The molecule has 0 spiro atoms. The zero-order valence-electron chi connectivity index (χ0n) is 19.8. The number of fused-ring (bicyclic) bond motifs is 3. The van der Waals surface area contributed by atoms with Crippen LogP contribution in [0.2, 0.25) is 0 Å². The third-order valence-electron chi connectivity index (χ3n) is 5.98. The first kappa shape index (κ1) is 25.7. The van der Waals surface area contributed by atoms with Crippen molar-refractivity contribution in [2.75, 3.05) is 6.61 Å². The highest BCUT2D eigenvalue weighted by atomic mass is 16.5. The quantitative estimate of drug-likeness (QED) is 0.388. The molecule has 2 aromatic carbocycles. The molecular formula is C26H31N3O6. The molecule has 3 rings (SSSR count). The van der Waals surface area contributed by atoms with Crippen molar-refractivity contribution >= 4 is 23.9 Å². The van der Waals surface area contributed by atoms with Gasteiger partial charge in [-0.1, -0.05) is 62.4 Å². The van der Waals surface area contributed by atoms with Gasteiger partial charge in [-0.15, -0.1) is 0 Å². The molecule has 0 saturated carbocycles. The molecular weight excluding hydrogens is 450 g/mol. The molecule has 0 aliphatic heterocycles. The number of benzene rings is 2. The number of alkyl carbamates (subject to hydrolysis) is 1. The van der Waals surface area contributed by atoms with Gasteiger partial charge in [0, 0.05) is 12.3 Å². The second-order valence-corrected chi connectivity index (χ2v) is 9.05. The number of hydrogen-bond donors (Lipinski definition) is 4. The summed E-state index contributed by atoms with van der Waals surface area (Å²) in [4.78, 5) is 47.8. The van der Waals surface area contributed by atoms with Crippen LogP contribution in [-0.4, -0.2) is 47.7 Å². The summed E-state index contributed by atoms with van der Waals surface area (Å²) >= 11 is 0. The molecule has 35 heavy (non-hydrogen) atoms. The summed E-state index contributed by atoms with van der Waals surface area (Å²) in [5.74, 6) is -2.49. The van der Waals surface area contributed by atoms with E-state index in [1.54, 1.807) is 0 Å². The van der Waals surface area contributed by atoms with E-state index in [4.69, 9.17) is 10.5 Å². The third-order valence-corrected chi connectivity index (χ3v) is 5.98. The highest BCUT2D eigenvalue weighted by molar-refractivity contribution is 5.87. The lowest BCUT2D eigenvalue weighted by atomic mass is 9.98. The molecule has 0 heterocycles. The van der Waals surface area contributed by atoms with Gasteiger partial charge in [-0.25, -0.2) is 9.59 Å². The van der Waals surface area contributed by atoms with Gasteiger partial charge in [-0.3, -0.25) is 9.59 Å². The van der Waals surface area contributed by atoms with E-state index >= 15 is 0 Å². The average Bonchev–Trinajstić information content (AvgIpc) is 3.13. The van der Waals surface area contributed by atoms with Gasteiger partial charge < -0.3 is 26.2 Å². The number of rotatable bonds is 11. The van der Waals surface area contributed by atoms with Crippen molar-refractivity contribution in [1.29, 1.82) is 0 Å². The van der Waals surface area contributed by atoms with Crippen LogP contribution in [0.5, 0.6) is 0 Å². The van der Waals surface area contributed by atoms with Crippen LogP contribution in [0.4, 0.5) is 4.79 Å². The van der Waals surface area contributed by atoms with Crippen LogP contribution in [0.15, 0.2) is 48.5 Å². The van der Waals surface area contributed by atoms with Crippen LogP contribution in [-0.2, 0) is 19.1 Å².